The second-order valence-corrected chi connectivity index (χ2v) is 5.64. The lowest BCUT2D eigenvalue weighted by atomic mass is 10.2. The summed E-state index contributed by atoms with van der Waals surface area (Å²) >= 11 is 9.41. The molecule has 1 heterocycles. The summed E-state index contributed by atoms with van der Waals surface area (Å²) in [5.41, 5.74) is 7.68. The zero-order valence-corrected chi connectivity index (χ0v) is 13.2. The van der Waals surface area contributed by atoms with Gasteiger partial charge in [-0.3, -0.25) is 4.57 Å². The van der Waals surface area contributed by atoms with Crippen molar-refractivity contribution in [3.8, 4) is 11.4 Å². The number of nitrogens with zero attached hydrogens (tertiary/aromatic N) is 2. The molecule has 3 rings (SSSR count). The minimum absolute atomic E-state index is 0.220. The van der Waals surface area contributed by atoms with Crippen LogP contribution >= 0.6 is 27.5 Å². The van der Waals surface area contributed by atoms with Gasteiger partial charge in [-0.2, -0.15) is 0 Å². The first-order valence-electron chi connectivity index (χ1n) is 5.98. The van der Waals surface area contributed by atoms with Crippen LogP contribution in [0.5, 0.6) is 5.75 Å². The van der Waals surface area contributed by atoms with E-state index in [1.807, 2.05) is 0 Å². The van der Waals surface area contributed by atoms with Gasteiger partial charge in [0.25, 0.3) is 0 Å². The number of imidazole rings is 1. The molecule has 21 heavy (non-hydrogen) atoms. The molecule has 2 aromatic carbocycles. The van der Waals surface area contributed by atoms with Crippen molar-refractivity contribution in [1.29, 1.82) is 0 Å². The SMILES string of the molecule is COc1ccc(Cl)c(-n2c(N)nc3cc(F)c(Br)cc32)c1. The Kier molecular flexibility index (Phi) is 3.51. The van der Waals surface area contributed by atoms with Crippen LogP contribution in [0.3, 0.4) is 0 Å². The van der Waals surface area contributed by atoms with Crippen molar-refractivity contribution in [3.05, 3.63) is 45.6 Å². The highest BCUT2D eigenvalue weighted by atomic mass is 79.9. The number of aromatic nitrogens is 2. The number of hydrogen-bond donors (Lipinski definition) is 1. The Bertz CT molecular complexity index is 850. The van der Waals surface area contributed by atoms with E-state index in [-0.39, 0.29) is 5.95 Å². The minimum Gasteiger partial charge on any atom is -0.497 e. The lowest BCUT2D eigenvalue weighted by Crippen LogP contribution is -2.02. The van der Waals surface area contributed by atoms with Crippen LogP contribution < -0.4 is 10.5 Å². The molecule has 0 amide bonds. The van der Waals surface area contributed by atoms with Crippen molar-refractivity contribution >= 4 is 44.5 Å². The molecule has 4 nitrogen and oxygen atoms in total. The summed E-state index contributed by atoms with van der Waals surface area (Å²) < 4.78 is 20.8. The van der Waals surface area contributed by atoms with Crippen LogP contribution in [0, 0.1) is 5.82 Å². The van der Waals surface area contributed by atoms with Gasteiger partial charge in [0.2, 0.25) is 5.95 Å². The lowest BCUT2D eigenvalue weighted by Gasteiger charge is -2.10. The second kappa shape index (κ2) is 5.20. The van der Waals surface area contributed by atoms with Gasteiger partial charge < -0.3 is 10.5 Å². The molecule has 0 saturated heterocycles. The van der Waals surface area contributed by atoms with Gasteiger partial charge in [0.05, 0.1) is 33.3 Å². The molecule has 0 aliphatic rings. The summed E-state index contributed by atoms with van der Waals surface area (Å²) in [6.07, 6.45) is 0. The second-order valence-electron chi connectivity index (χ2n) is 4.38. The molecule has 0 unspecified atom stereocenters. The molecule has 3 aromatic rings. The van der Waals surface area contributed by atoms with Crippen LogP contribution in [-0.2, 0) is 0 Å². The van der Waals surface area contributed by atoms with Crippen LogP contribution in [0.4, 0.5) is 10.3 Å². The standard InChI is InChI=1S/C14H10BrClFN3O/c1-21-7-2-3-9(16)12(4-7)20-13-5-8(15)10(17)6-11(13)19-14(20)18/h2-6H,1H3,(H2,18,19). The van der Waals surface area contributed by atoms with Crippen molar-refractivity contribution in [2.45, 2.75) is 0 Å². The van der Waals surface area contributed by atoms with E-state index in [0.29, 0.717) is 32.0 Å². The molecule has 0 aliphatic heterocycles. The van der Waals surface area contributed by atoms with E-state index in [2.05, 4.69) is 20.9 Å². The monoisotopic (exact) mass is 369 g/mol. The Morgan fingerprint density at radius 1 is 1.33 bits per heavy atom. The Morgan fingerprint density at radius 2 is 2.10 bits per heavy atom. The number of rotatable bonds is 2. The number of anilines is 1. The molecule has 0 aliphatic carbocycles. The zero-order valence-electron chi connectivity index (χ0n) is 10.9. The van der Waals surface area contributed by atoms with E-state index in [0.717, 1.165) is 0 Å². The van der Waals surface area contributed by atoms with Crippen LogP contribution in [0.1, 0.15) is 0 Å². The van der Waals surface area contributed by atoms with E-state index in [1.54, 1.807) is 35.9 Å². The van der Waals surface area contributed by atoms with Gasteiger partial charge >= 0.3 is 0 Å². The minimum atomic E-state index is -0.399. The fraction of sp³-hybridized carbons (Fsp3) is 0.0714. The summed E-state index contributed by atoms with van der Waals surface area (Å²) in [5, 5.41) is 0.488. The van der Waals surface area contributed by atoms with Crippen LogP contribution in [0.2, 0.25) is 5.02 Å². The van der Waals surface area contributed by atoms with Crippen LogP contribution in [0.15, 0.2) is 34.8 Å². The first kappa shape index (κ1) is 14.2. The molecule has 0 bridgehead atoms. The number of nitrogens with two attached hydrogens (primary N) is 1. The van der Waals surface area contributed by atoms with Gasteiger partial charge in [0, 0.05) is 12.1 Å². The van der Waals surface area contributed by atoms with Gasteiger partial charge in [-0.05, 0) is 34.1 Å². The summed E-state index contributed by atoms with van der Waals surface area (Å²) in [7, 11) is 1.56. The smallest absolute Gasteiger partial charge is 0.205 e. The molecule has 0 radical (unpaired) electrons. The number of hydrogen-bond acceptors (Lipinski definition) is 3. The summed E-state index contributed by atoms with van der Waals surface area (Å²) in [4.78, 5) is 4.17. The maximum Gasteiger partial charge on any atom is 0.205 e. The van der Waals surface area contributed by atoms with E-state index in [4.69, 9.17) is 22.1 Å². The Morgan fingerprint density at radius 3 is 2.81 bits per heavy atom. The van der Waals surface area contributed by atoms with Gasteiger partial charge in [-0.15, -0.1) is 0 Å². The number of fused-ring (bicyclic) bond motifs is 1. The van der Waals surface area contributed by atoms with E-state index in [9.17, 15) is 4.39 Å². The number of nitrogen functional groups attached to an aromatic ring is 1. The largest absolute Gasteiger partial charge is 0.497 e. The Balaban J connectivity index is 2.34. The van der Waals surface area contributed by atoms with Crippen molar-refractivity contribution in [2.24, 2.45) is 0 Å². The van der Waals surface area contributed by atoms with Crippen LogP contribution in [0.25, 0.3) is 16.7 Å². The maximum absolute atomic E-state index is 13.6. The zero-order chi connectivity index (χ0) is 15.1. The number of halogens is 3. The highest BCUT2D eigenvalue weighted by Gasteiger charge is 2.15. The normalized spacial score (nSPS) is 11.0. The third-order valence-electron chi connectivity index (χ3n) is 3.12. The van der Waals surface area contributed by atoms with Crippen molar-refractivity contribution in [2.75, 3.05) is 12.8 Å². The highest BCUT2D eigenvalue weighted by molar-refractivity contribution is 9.10. The van der Waals surface area contributed by atoms with E-state index < -0.39 is 5.82 Å². The molecule has 7 heteroatoms. The topological polar surface area (TPSA) is 53.1 Å². The predicted molar refractivity (Wildman–Crippen MR) is 84.7 cm³/mol. The third-order valence-corrected chi connectivity index (χ3v) is 4.04. The molecule has 1 aromatic heterocycles. The highest BCUT2D eigenvalue weighted by Crippen LogP contribution is 2.32. The van der Waals surface area contributed by atoms with Gasteiger partial charge in [0.1, 0.15) is 11.6 Å². The molecular formula is C14H10BrClFN3O. The molecule has 0 saturated carbocycles. The quantitative estimate of drug-likeness (QED) is 0.736. The van der Waals surface area contributed by atoms with Crippen molar-refractivity contribution in [3.63, 3.8) is 0 Å². The summed E-state index contributed by atoms with van der Waals surface area (Å²) in [6.45, 7) is 0. The fourth-order valence-electron chi connectivity index (χ4n) is 2.14. The predicted octanol–water partition coefficient (Wildman–Crippen LogP) is 4.17. The molecule has 0 fully saturated rings. The Labute approximate surface area is 133 Å². The van der Waals surface area contributed by atoms with E-state index >= 15 is 0 Å². The average molecular weight is 371 g/mol. The Hall–Kier alpha value is -1.79. The number of ether oxygens (including phenoxy) is 1. The lowest BCUT2D eigenvalue weighted by molar-refractivity contribution is 0.414. The molecule has 0 spiro atoms. The van der Waals surface area contributed by atoms with E-state index in [1.165, 1.54) is 6.07 Å². The fourth-order valence-corrected chi connectivity index (χ4v) is 2.67. The molecule has 0 atom stereocenters. The molecule has 2 N–H and O–H groups in total. The van der Waals surface area contributed by atoms with Crippen LogP contribution in [-0.4, -0.2) is 16.7 Å². The average Bonchev–Trinajstić information content (AvgIpc) is 2.75. The van der Waals surface area contributed by atoms with Gasteiger partial charge in [0.15, 0.2) is 0 Å². The first-order chi connectivity index (χ1) is 10.0. The maximum atomic E-state index is 13.6. The summed E-state index contributed by atoms with van der Waals surface area (Å²) in [5.74, 6) is 0.457. The summed E-state index contributed by atoms with van der Waals surface area (Å²) in [6, 6.07) is 8.14. The third kappa shape index (κ3) is 2.34. The van der Waals surface area contributed by atoms with Crippen molar-refractivity contribution in [1.82, 2.24) is 9.55 Å². The first-order valence-corrected chi connectivity index (χ1v) is 7.15. The number of methoxy groups -OCH3 is 1. The molecular weight excluding hydrogens is 361 g/mol. The number of benzene rings is 2. The van der Waals surface area contributed by atoms with Crippen molar-refractivity contribution < 1.29 is 9.13 Å². The van der Waals surface area contributed by atoms with Gasteiger partial charge in [-0.1, -0.05) is 11.6 Å². The molecule has 108 valence electrons. The van der Waals surface area contributed by atoms with Gasteiger partial charge in [-0.25, -0.2) is 9.37 Å².